The fourth-order valence-electron chi connectivity index (χ4n) is 6.10. The highest BCUT2D eigenvalue weighted by Gasteiger charge is 2.18. The smallest absolute Gasteiger partial charge is 0.308 e. The minimum atomic E-state index is -0.451. The molecule has 0 fully saturated rings. The third-order valence-electron chi connectivity index (χ3n) is 8.08. The Morgan fingerprint density at radius 3 is 1.70 bits per heavy atom. The van der Waals surface area contributed by atoms with Crippen molar-refractivity contribution < 1.29 is 19.1 Å². The summed E-state index contributed by atoms with van der Waals surface area (Å²) in [5.41, 5.74) is 6.13. The molecule has 46 heavy (non-hydrogen) atoms. The largest absolute Gasteiger partial charge is 0.427 e. The van der Waals surface area contributed by atoms with Gasteiger partial charge in [-0.25, -0.2) is 0 Å². The van der Waals surface area contributed by atoms with Crippen molar-refractivity contribution in [1.82, 2.24) is 0 Å². The Morgan fingerprint density at radius 2 is 1.09 bits per heavy atom. The Balaban J connectivity index is 1.29. The van der Waals surface area contributed by atoms with Crippen LogP contribution in [0.1, 0.15) is 30.5 Å². The van der Waals surface area contributed by atoms with Crippen molar-refractivity contribution in [3.05, 3.63) is 138 Å². The van der Waals surface area contributed by atoms with Crippen LogP contribution in [0, 0.1) is 6.92 Å². The molecular formula is C41H31NO4. The van der Waals surface area contributed by atoms with E-state index in [0.29, 0.717) is 11.5 Å². The van der Waals surface area contributed by atoms with E-state index >= 15 is 0 Å². The predicted octanol–water partition coefficient (Wildman–Crippen LogP) is 10.4. The fourth-order valence-corrected chi connectivity index (χ4v) is 6.10. The van der Waals surface area contributed by atoms with Crippen molar-refractivity contribution in [2.45, 2.75) is 20.8 Å². The number of esters is 2. The lowest BCUT2D eigenvalue weighted by Gasteiger charge is -2.28. The molecule has 0 heterocycles. The molecule has 0 saturated heterocycles. The van der Waals surface area contributed by atoms with Gasteiger partial charge >= 0.3 is 11.9 Å². The molecule has 7 aromatic rings. The lowest BCUT2D eigenvalue weighted by atomic mass is 9.93. The van der Waals surface area contributed by atoms with E-state index < -0.39 is 11.9 Å². The number of nitrogens with zero attached hydrogens (tertiary/aromatic N) is 1. The van der Waals surface area contributed by atoms with Crippen molar-refractivity contribution in [1.29, 1.82) is 0 Å². The highest BCUT2D eigenvalue weighted by molar-refractivity contribution is 6.25. The van der Waals surface area contributed by atoms with Gasteiger partial charge in [0, 0.05) is 36.7 Å². The van der Waals surface area contributed by atoms with Crippen molar-refractivity contribution in [3.8, 4) is 11.5 Å². The molecule has 0 unspecified atom stereocenters. The molecule has 5 heteroatoms. The number of rotatable bonds is 7. The maximum absolute atomic E-state index is 11.6. The Morgan fingerprint density at radius 1 is 0.565 bits per heavy atom. The quantitative estimate of drug-likeness (QED) is 0.0787. The number of hydrogen-bond donors (Lipinski definition) is 0. The second kappa shape index (κ2) is 11.9. The second-order valence-corrected chi connectivity index (χ2v) is 11.5. The molecular weight excluding hydrogens is 570 g/mol. The normalized spacial score (nSPS) is 11.5. The van der Waals surface area contributed by atoms with Crippen LogP contribution in [0.15, 0.2) is 121 Å². The van der Waals surface area contributed by atoms with E-state index in [2.05, 4.69) is 115 Å². The molecule has 5 nitrogen and oxygen atoms in total. The summed E-state index contributed by atoms with van der Waals surface area (Å²) in [4.78, 5) is 25.4. The van der Waals surface area contributed by atoms with E-state index in [4.69, 9.17) is 9.47 Å². The van der Waals surface area contributed by atoms with Crippen LogP contribution < -0.4 is 14.4 Å². The van der Waals surface area contributed by atoms with Crippen LogP contribution in [0.4, 0.5) is 17.1 Å². The summed E-state index contributed by atoms with van der Waals surface area (Å²) in [7, 11) is 0. The molecule has 7 aromatic carbocycles. The van der Waals surface area contributed by atoms with Gasteiger partial charge in [0.15, 0.2) is 0 Å². The van der Waals surface area contributed by atoms with E-state index in [1.165, 1.54) is 57.8 Å². The molecule has 7 rings (SSSR count). The molecule has 0 aliphatic rings. The zero-order valence-corrected chi connectivity index (χ0v) is 25.8. The molecule has 0 spiro atoms. The van der Waals surface area contributed by atoms with Crippen LogP contribution in [0.5, 0.6) is 11.5 Å². The first-order valence-corrected chi connectivity index (χ1v) is 15.2. The summed E-state index contributed by atoms with van der Waals surface area (Å²) in [6, 6.07) is 41.8. The van der Waals surface area contributed by atoms with Gasteiger partial charge in [0.05, 0.1) is 5.69 Å². The second-order valence-electron chi connectivity index (χ2n) is 11.5. The highest BCUT2D eigenvalue weighted by Crippen LogP contribution is 2.43. The van der Waals surface area contributed by atoms with Crippen molar-refractivity contribution >= 4 is 73.5 Å². The Kier molecular flexibility index (Phi) is 7.43. The average Bonchev–Trinajstić information content (AvgIpc) is 3.04. The Labute approximate surface area is 267 Å². The summed E-state index contributed by atoms with van der Waals surface area (Å²) >= 11 is 0. The standard InChI is InChI=1S/C41H31NO4/c1-26-7-17-34(18-8-26)42(39-22-16-33-14-13-31-5-4-6-32-15-21-38(39)41(33)40(31)32)35-19-11-29(12-20-35)9-10-30-23-36(45-27(2)43)25-37(24-30)46-28(3)44/h4-25H,1-3H3. The van der Waals surface area contributed by atoms with E-state index in [1.54, 1.807) is 12.1 Å². The van der Waals surface area contributed by atoms with Gasteiger partial charge in [-0.3, -0.25) is 9.59 Å². The zero-order chi connectivity index (χ0) is 31.8. The molecule has 0 amide bonds. The van der Waals surface area contributed by atoms with Crippen LogP contribution in [-0.2, 0) is 9.59 Å². The summed E-state index contributed by atoms with van der Waals surface area (Å²) in [6.07, 6.45) is 3.87. The first kappa shape index (κ1) is 28.8. The number of carbonyl (C=O) groups is 2. The van der Waals surface area contributed by atoms with E-state index in [0.717, 1.165) is 28.2 Å². The minimum Gasteiger partial charge on any atom is -0.427 e. The van der Waals surface area contributed by atoms with Crippen LogP contribution in [0.25, 0.3) is 44.5 Å². The van der Waals surface area contributed by atoms with Crippen LogP contribution in [0.2, 0.25) is 0 Å². The third-order valence-corrected chi connectivity index (χ3v) is 8.08. The van der Waals surface area contributed by atoms with Crippen molar-refractivity contribution in [3.63, 3.8) is 0 Å². The number of aryl methyl sites for hydroxylation is 1. The number of carbonyl (C=O) groups excluding carboxylic acids is 2. The molecule has 0 N–H and O–H groups in total. The summed E-state index contributed by atoms with van der Waals surface area (Å²) in [6.45, 7) is 4.76. The molecule has 0 aliphatic heterocycles. The minimum absolute atomic E-state index is 0.309. The van der Waals surface area contributed by atoms with Crippen molar-refractivity contribution in [2.75, 3.05) is 4.90 Å². The lowest BCUT2D eigenvalue weighted by Crippen LogP contribution is -2.10. The molecule has 0 radical (unpaired) electrons. The highest BCUT2D eigenvalue weighted by atomic mass is 16.5. The summed E-state index contributed by atoms with van der Waals surface area (Å²) < 4.78 is 10.5. The van der Waals surface area contributed by atoms with Gasteiger partial charge < -0.3 is 14.4 Å². The van der Waals surface area contributed by atoms with Crippen LogP contribution in [-0.4, -0.2) is 11.9 Å². The van der Waals surface area contributed by atoms with Crippen LogP contribution in [0.3, 0.4) is 0 Å². The van der Waals surface area contributed by atoms with E-state index in [9.17, 15) is 9.59 Å². The van der Waals surface area contributed by atoms with Gasteiger partial charge in [0.1, 0.15) is 11.5 Å². The van der Waals surface area contributed by atoms with E-state index in [1.807, 2.05) is 12.2 Å². The van der Waals surface area contributed by atoms with Gasteiger partial charge in [-0.2, -0.15) is 0 Å². The number of ether oxygens (including phenoxy) is 2. The molecule has 0 atom stereocenters. The molecule has 0 saturated carbocycles. The van der Waals surface area contributed by atoms with Gasteiger partial charge in [0.2, 0.25) is 0 Å². The number of hydrogen-bond acceptors (Lipinski definition) is 5. The number of anilines is 3. The lowest BCUT2D eigenvalue weighted by molar-refractivity contribution is -0.132. The zero-order valence-electron chi connectivity index (χ0n) is 25.8. The van der Waals surface area contributed by atoms with Gasteiger partial charge in [0.25, 0.3) is 0 Å². The maximum atomic E-state index is 11.6. The summed E-state index contributed by atoms with van der Waals surface area (Å²) in [5, 5.41) is 7.46. The molecule has 0 bridgehead atoms. The topological polar surface area (TPSA) is 55.8 Å². The molecule has 0 aliphatic carbocycles. The maximum Gasteiger partial charge on any atom is 0.308 e. The average molecular weight is 602 g/mol. The van der Waals surface area contributed by atoms with Gasteiger partial charge in [-0.1, -0.05) is 90.5 Å². The molecule has 224 valence electrons. The Bertz CT molecular complexity index is 2220. The molecule has 0 aromatic heterocycles. The monoisotopic (exact) mass is 601 g/mol. The Hall–Kier alpha value is -5.94. The summed E-state index contributed by atoms with van der Waals surface area (Å²) in [5.74, 6) is -0.284. The predicted molar refractivity (Wildman–Crippen MR) is 188 cm³/mol. The van der Waals surface area contributed by atoms with Gasteiger partial charge in [-0.05, 0) is 87.4 Å². The number of benzene rings is 7. The first-order chi connectivity index (χ1) is 22.3. The van der Waals surface area contributed by atoms with E-state index in [-0.39, 0.29) is 0 Å². The third kappa shape index (κ3) is 5.66. The van der Waals surface area contributed by atoms with Crippen molar-refractivity contribution in [2.24, 2.45) is 0 Å². The SMILES string of the molecule is CC(=O)Oc1cc(C=Cc2ccc(N(c3ccc(C)cc3)c3ccc4ccc5cccc6ccc3c4c56)cc2)cc(OC(C)=O)c1. The van der Waals surface area contributed by atoms with Crippen LogP contribution >= 0.6 is 0 Å². The van der Waals surface area contributed by atoms with Gasteiger partial charge in [-0.15, -0.1) is 0 Å². The first-order valence-electron chi connectivity index (χ1n) is 15.2. The fraction of sp³-hybridized carbons (Fsp3) is 0.0732.